The van der Waals surface area contributed by atoms with Crippen LogP contribution in [0.3, 0.4) is 0 Å². The Morgan fingerprint density at radius 3 is 2.34 bits per heavy atom. The molecule has 2 aliphatic heterocycles. The second-order valence-electron chi connectivity index (χ2n) is 7.75. The predicted octanol–water partition coefficient (Wildman–Crippen LogP) is 3.28. The molecule has 0 radical (unpaired) electrons. The molecule has 7 heteroatoms. The highest BCUT2D eigenvalue weighted by Crippen LogP contribution is 2.24. The fourth-order valence-corrected chi connectivity index (χ4v) is 4.14. The van der Waals surface area contributed by atoms with Crippen molar-refractivity contribution in [2.75, 3.05) is 49.1 Å². The summed E-state index contributed by atoms with van der Waals surface area (Å²) in [5.74, 6) is 1.69. The van der Waals surface area contributed by atoms with Crippen LogP contribution in [-0.4, -0.2) is 55.1 Å². The first-order valence-corrected chi connectivity index (χ1v) is 10.7. The van der Waals surface area contributed by atoms with Crippen molar-refractivity contribution in [2.45, 2.75) is 26.3 Å². The quantitative estimate of drug-likeness (QED) is 0.616. The monoisotopic (exact) mass is 412 g/mol. The van der Waals surface area contributed by atoms with Crippen LogP contribution in [0.15, 0.2) is 41.4 Å². The standard InChI is InChI=1S/C22H29ClN6/c1-17-4-5-18(21(26-17)28-10-2-3-11-28)16-25-22(24)29-14-12-27(13-15-29)20-8-6-19(23)7-9-20/h4-9H,2-3,10-16H2,1H3,(H2,24,25). The number of nitrogens with zero attached hydrogens (tertiary/aromatic N) is 5. The molecule has 2 N–H and O–H groups in total. The molecule has 0 spiro atoms. The van der Waals surface area contributed by atoms with Crippen molar-refractivity contribution in [1.82, 2.24) is 9.88 Å². The molecule has 1 aromatic carbocycles. The lowest BCUT2D eigenvalue weighted by Crippen LogP contribution is -2.51. The van der Waals surface area contributed by atoms with E-state index in [1.54, 1.807) is 0 Å². The lowest BCUT2D eigenvalue weighted by molar-refractivity contribution is 0.380. The van der Waals surface area contributed by atoms with Gasteiger partial charge >= 0.3 is 0 Å². The molecular formula is C22H29ClN6. The number of piperazine rings is 1. The van der Waals surface area contributed by atoms with Gasteiger partial charge in [-0.15, -0.1) is 0 Å². The first kappa shape index (κ1) is 19.8. The Kier molecular flexibility index (Phi) is 6.09. The maximum absolute atomic E-state index is 6.34. The van der Waals surface area contributed by atoms with Gasteiger partial charge in [0.1, 0.15) is 5.82 Å². The van der Waals surface area contributed by atoms with Crippen LogP contribution in [0.4, 0.5) is 11.5 Å². The molecule has 0 bridgehead atoms. The number of aryl methyl sites for hydroxylation is 1. The summed E-state index contributed by atoms with van der Waals surface area (Å²) in [7, 11) is 0. The molecule has 2 aliphatic rings. The van der Waals surface area contributed by atoms with Gasteiger partial charge in [-0.05, 0) is 50.1 Å². The van der Waals surface area contributed by atoms with Gasteiger partial charge in [0.05, 0.1) is 6.54 Å². The van der Waals surface area contributed by atoms with Crippen molar-refractivity contribution in [1.29, 1.82) is 0 Å². The average Bonchev–Trinajstić information content (AvgIpc) is 3.28. The van der Waals surface area contributed by atoms with E-state index >= 15 is 0 Å². The molecule has 0 atom stereocenters. The number of hydrogen-bond donors (Lipinski definition) is 1. The van der Waals surface area contributed by atoms with Crippen LogP contribution < -0.4 is 15.5 Å². The summed E-state index contributed by atoms with van der Waals surface area (Å²) >= 11 is 6.00. The van der Waals surface area contributed by atoms with Crippen LogP contribution >= 0.6 is 11.6 Å². The Balaban J connectivity index is 1.38. The van der Waals surface area contributed by atoms with Gasteiger partial charge in [0.15, 0.2) is 5.96 Å². The molecule has 2 saturated heterocycles. The van der Waals surface area contributed by atoms with Crippen molar-refractivity contribution in [2.24, 2.45) is 10.7 Å². The third-order valence-electron chi connectivity index (χ3n) is 5.71. The number of pyridine rings is 1. The smallest absolute Gasteiger partial charge is 0.191 e. The van der Waals surface area contributed by atoms with E-state index in [2.05, 4.69) is 39.0 Å². The number of guanidine groups is 1. The van der Waals surface area contributed by atoms with Gasteiger partial charge in [-0.25, -0.2) is 9.98 Å². The Bertz CT molecular complexity index is 852. The van der Waals surface area contributed by atoms with E-state index in [4.69, 9.17) is 27.3 Å². The number of aliphatic imine (C=N–C) groups is 1. The first-order valence-electron chi connectivity index (χ1n) is 10.4. The van der Waals surface area contributed by atoms with E-state index in [-0.39, 0.29) is 0 Å². The number of anilines is 2. The maximum atomic E-state index is 6.34. The van der Waals surface area contributed by atoms with Crippen LogP contribution in [0, 0.1) is 6.92 Å². The van der Waals surface area contributed by atoms with Crippen molar-refractivity contribution < 1.29 is 0 Å². The molecule has 154 valence electrons. The molecule has 0 aliphatic carbocycles. The number of benzene rings is 1. The highest BCUT2D eigenvalue weighted by Gasteiger charge is 2.20. The molecule has 4 rings (SSSR count). The molecule has 2 fully saturated rings. The van der Waals surface area contributed by atoms with Crippen molar-refractivity contribution in [3.05, 3.63) is 52.7 Å². The lowest BCUT2D eigenvalue weighted by Gasteiger charge is -2.36. The van der Waals surface area contributed by atoms with Crippen molar-refractivity contribution in [3.8, 4) is 0 Å². The SMILES string of the molecule is Cc1ccc(CN=C(N)N2CCN(c3ccc(Cl)cc3)CC2)c(N2CCCC2)n1. The lowest BCUT2D eigenvalue weighted by atomic mass is 10.2. The second-order valence-corrected chi connectivity index (χ2v) is 8.19. The summed E-state index contributed by atoms with van der Waals surface area (Å²) in [4.78, 5) is 16.4. The van der Waals surface area contributed by atoms with E-state index in [0.717, 1.165) is 61.4 Å². The molecule has 0 unspecified atom stereocenters. The third kappa shape index (κ3) is 4.75. The van der Waals surface area contributed by atoms with Crippen LogP contribution in [0.2, 0.25) is 5.02 Å². The minimum atomic E-state index is 0.572. The number of nitrogens with two attached hydrogens (primary N) is 1. The zero-order chi connectivity index (χ0) is 20.2. The fraction of sp³-hybridized carbons (Fsp3) is 0.455. The summed E-state index contributed by atoms with van der Waals surface area (Å²) in [6, 6.07) is 12.2. The topological polar surface area (TPSA) is 61.0 Å². The normalized spacial score (nSPS) is 17.9. The minimum Gasteiger partial charge on any atom is -0.370 e. The van der Waals surface area contributed by atoms with Gasteiger partial charge < -0.3 is 20.4 Å². The Morgan fingerprint density at radius 2 is 1.66 bits per heavy atom. The Hall–Kier alpha value is -2.47. The second kappa shape index (κ2) is 8.91. The van der Waals surface area contributed by atoms with Gasteiger partial charge in [-0.1, -0.05) is 17.7 Å². The Labute approximate surface area is 178 Å². The van der Waals surface area contributed by atoms with Crippen LogP contribution in [0.5, 0.6) is 0 Å². The maximum Gasteiger partial charge on any atom is 0.191 e. The molecule has 3 heterocycles. The van der Waals surface area contributed by atoms with E-state index in [1.165, 1.54) is 18.5 Å². The Morgan fingerprint density at radius 1 is 0.966 bits per heavy atom. The highest BCUT2D eigenvalue weighted by molar-refractivity contribution is 6.30. The van der Waals surface area contributed by atoms with Gasteiger partial charge in [0.25, 0.3) is 0 Å². The summed E-state index contributed by atoms with van der Waals surface area (Å²) in [5, 5.41) is 0.766. The van der Waals surface area contributed by atoms with Crippen molar-refractivity contribution >= 4 is 29.1 Å². The number of aromatic nitrogens is 1. The van der Waals surface area contributed by atoms with Gasteiger partial charge in [0, 0.05) is 61.2 Å². The average molecular weight is 413 g/mol. The fourth-order valence-electron chi connectivity index (χ4n) is 4.01. The summed E-state index contributed by atoms with van der Waals surface area (Å²) in [6.45, 7) is 8.34. The van der Waals surface area contributed by atoms with Crippen molar-refractivity contribution in [3.63, 3.8) is 0 Å². The molecule has 6 nitrogen and oxygen atoms in total. The minimum absolute atomic E-state index is 0.572. The van der Waals surface area contributed by atoms with Gasteiger partial charge in [0.2, 0.25) is 0 Å². The van der Waals surface area contributed by atoms with E-state index in [9.17, 15) is 0 Å². The molecule has 0 saturated carbocycles. The summed E-state index contributed by atoms with van der Waals surface area (Å²) in [6.07, 6.45) is 2.47. The van der Waals surface area contributed by atoms with Gasteiger partial charge in [-0.2, -0.15) is 0 Å². The largest absolute Gasteiger partial charge is 0.370 e. The van der Waals surface area contributed by atoms with Crippen LogP contribution in [0.1, 0.15) is 24.1 Å². The number of halogens is 1. The molecular weight excluding hydrogens is 384 g/mol. The number of rotatable bonds is 4. The highest BCUT2D eigenvalue weighted by atomic mass is 35.5. The molecule has 29 heavy (non-hydrogen) atoms. The van der Waals surface area contributed by atoms with E-state index in [0.29, 0.717) is 12.5 Å². The van der Waals surface area contributed by atoms with Crippen LogP contribution in [0.25, 0.3) is 0 Å². The van der Waals surface area contributed by atoms with E-state index in [1.807, 2.05) is 19.1 Å². The summed E-state index contributed by atoms with van der Waals surface area (Å²) in [5.41, 5.74) is 9.74. The predicted molar refractivity (Wildman–Crippen MR) is 121 cm³/mol. The van der Waals surface area contributed by atoms with Gasteiger partial charge in [-0.3, -0.25) is 0 Å². The molecule has 0 amide bonds. The summed E-state index contributed by atoms with van der Waals surface area (Å²) < 4.78 is 0. The zero-order valence-corrected chi connectivity index (χ0v) is 17.8. The molecule has 1 aromatic heterocycles. The molecule has 2 aromatic rings. The van der Waals surface area contributed by atoms with Crippen LogP contribution in [-0.2, 0) is 6.54 Å². The zero-order valence-electron chi connectivity index (χ0n) is 17.0. The third-order valence-corrected chi connectivity index (χ3v) is 5.96. The number of hydrogen-bond acceptors (Lipinski definition) is 4. The first-order chi connectivity index (χ1) is 14.1. The van der Waals surface area contributed by atoms with E-state index < -0.39 is 0 Å².